The van der Waals surface area contributed by atoms with Gasteiger partial charge in [0.2, 0.25) is 5.91 Å². The van der Waals surface area contributed by atoms with Crippen molar-refractivity contribution >= 4 is 17.5 Å². The lowest BCUT2D eigenvalue weighted by atomic mass is 10.1. The van der Waals surface area contributed by atoms with Crippen molar-refractivity contribution in [2.24, 2.45) is 0 Å². The third-order valence-corrected chi connectivity index (χ3v) is 4.75. The molecule has 0 N–H and O–H groups in total. The average Bonchev–Trinajstić information content (AvgIpc) is 3.08. The molecule has 4 nitrogen and oxygen atoms in total. The van der Waals surface area contributed by atoms with E-state index in [1.54, 1.807) is 0 Å². The topological polar surface area (TPSA) is 32.8 Å². The summed E-state index contributed by atoms with van der Waals surface area (Å²) in [6, 6.07) is 7.84. The predicted molar refractivity (Wildman–Crippen MR) is 87.0 cm³/mol. The quantitative estimate of drug-likeness (QED) is 0.854. The maximum absolute atomic E-state index is 12.1. The predicted octanol–water partition coefficient (Wildman–Crippen LogP) is 2.73. The maximum atomic E-state index is 12.1. The van der Waals surface area contributed by atoms with Gasteiger partial charge in [0.15, 0.2) is 0 Å². The third-order valence-electron chi connectivity index (χ3n) is 4.49. The molecule has 22 heavy (non-hydrogen) atoms. The summed E-state index contributed by atoms with van der Waals surface area (Å²) in [6.45, 7) is 5.16. The van der Waals surface area contributed by atoms with Crippen molar-refractivity contribution in [3.63, 3.8) is 0 Å². The van der Waals surface area contributed by atoms with Crippen LogP contribution >= 0.6 is 11.6 Å². The van der Waals surface area contributed by atoms with Crippen LogP contribution in [0.4, 0.5) is 0 Å². The van der Waals surface area contributed by atoms with Gasteiger partial charge in [-0.2, -0.15) is 0 Å². The van der Waals surface area contributed by atoms with Crippen molar-refractivity contribution in [1.29, 1.82) is 0 Å². The van der Waals surface area contributed by atoms with Crippen molar-refractivity contribution in [1.82, 2.24) is 9.80 Å². The fraction of sp³-hybridized carbons (Fsp3) is 0.588. The fourth-order valence-electron chi connectivity index (χ4n) is 3.16. The minimum absolute atomic E-state index is 0.0768. The number of amides is 1. The molecule has 5 heteroatoms. The van der Waals surface area contributed by atoms with Gasteiger partial charge in [-0.15, -0.1) is 0 Å². The summed E-state index contributed by atoms with van der Waals surface area (Å²) in [6.07, 6.45) is 3.00. The highest BCUT2D eigenvalue weighted by molar-refractivity contribution is 6.30. The zero-order valence-corrected chi connectivity index (χ0v) is 13.6. The van der Waals surface area contributed by atoms with Crippen molar-refractivity contribution in [3.8, 4) is 0 Å². The average molecular weight is 323 g/mol. The Morgan fingerprint density at radius 2 is 1.91 bits per heavy atom. The second-order valence-electron chi connectivity index (χ2n) is 6.05. The van der Waals surface area contributed by atoms with E-state index in [1.165, 1.54) is 0 Å². The summed E-state index contributed by atoms with van der Waals surface area (Å²) in [5.41, 5.74) is 1.15. The van der Waals surface area contributed by atoms with Gasteiger partial charge in [-0.1, -0.05) is 23.7 Å². The zero-order chi connectivity index (χ0) is 15.4. The molecule has 0 aliphatic carbocycles. The van der Waals surface area contributed by atoms with Gasteiger partial charge in [0, 0.05) is 44.2 Å². The van der Waals surface area contributed by atoms with Gasteiger partial charge in [-0.3, -0.25) is 9.69 Å². The zero-order valence-electron chi connectivity index (χ0n) is 12.8. The molecule has 0 saturated carbocycles. The van der Waals surface area contributed by atoms with Gasteiger partial charge in [-0.25, -0.2) is 0 Å². The summed E-state index contributed by atoms with van der Waals surface area (Å²) in [4.78, 5) is 16.5. The first kappa shape index (κ1) is 15.8. The lowest BCUT2D eigenvalue weighted by molar-refractivity contribution is -0.131. The van der Waals surface area contributed by atoms with Gasteiger partial charge in [0.05, 0.1) is 12.7 Å². The van der Waals surface area contributed by atoms with E-state index in [9.17, 15) is 4.79 Å². The highest BCUT2D eigenvalue weighted by Crippen LogP contribution is 2.23. The monoisotopic (exact) mass is 322 g/mol. The number of ether oxygens (including phenoxy) is 1. The fourth-order valence-corrected chi connectivity index (χ4v) is 3.29. The summed E-state index contributed by atoms with van der Waals surface area (Å²) >= 11 is 5.93. The first-order valence-corrected chi connectivity index (χ1v) is 8.47. The molecule has 2 fully saturated rings. The van der Waals surface area contributed by atoms with Crippen LogP contribution in [0.15, 0.2) is 24.3 Å². The number of morpholine rings is 1. The highest BCUT2D eigenvalue weighted by atomic mass is 35.5. The van der Waals surface area contributed by atoms with Crippen molar-refractivity contribution in [2.45, 2.75) is 25.4 Å². The number of hydrogen-bond acceptors (Lipinski definition) is 3. The van der Waals surface area contributed by atoms with Crippen LogP contribution in [0.2, 0.25) is 5.02 Å². The largest absolute Gasteiger partial charge is 0.371 e. The molecule has 2 heterocycles. The van der Waals surface area contributed by atoms with E-state index in [0.717, 1.165) is 56.2 Å². The molecule has 0 bridgehead atoms. The number of nitrogens with zero attached hydrogens (tertiary/aromatic N) is 2. The van der Waals surface area contributed by atoms with E-state index in [1.807, 2.05) is 29.2 Å². The van der Waals surface area contributed by atoms with E-state index in [2.05, 4.69) is 4.90 Å². The van der Waals surface area contributed by atoms with E-state index in [4.69, 9.17) is 16.3 Å². The van der Waals surface area contributed by atoms with Crippen LogP contribution in [0.1, 0.15) is 30.9 Å². The number of hydrogen-bond donors (Lipinski definition) is 0. The SMILES string of the molecule is O=C(CCN1CCO[C@@H](c2ccc(Cl)cc2)C1)N1CCCC1. The first-order chi connectivity index (χ1) is 10.7. The summed E-state index contributed by atoms with van der Waals surface area (Å²) in [7, 11) is 0. The number of rotatable bonds is 4. The number of likely N-dealkylation sites (tertiary alicyclic amines) is 1. The molecule has 1 amide bonds. The molecule has 1 aromatic carbocycles. The van der Waals surface area contributed by atoms with Crippen LogP contribution < -0.4 is 0 Å². The number of carbonyl (C=O) groups is 1. The van der Waals surface area contributed by atoms with Gasteiger partial charge < -0.3 is 9.64 Å². The van der Waals surface area contributed by atoms with E-state index in [-0.39, 0.29) is 6.10 Å². The van der Waals surface area contributed by atoms with Crippen molar-refractivity contribution in [3.05, 3.63) is 34.9 Å². The highest BCUT2D eigenvalue weighted by Gasteiger charge is 2.24. The number of carbonyl (C=O) groups excluding carboxylic acids is 1. The Labute approximate surface area is 137 Å². The molecular formula is C17H23ClN2O2. The number of benzene rings is 1. The molecule has 0 spiro atoms. The van der Waals surface area contributed by atoms with Crippen LogP contribution in [0.5, 0.6) is 0 Å². The normalized spacial score (nSPS) is 23.0. The molecule has 0 radical (unpaired) electrons. The van der Waals surface area contributed by atoms with Gasteiger partial charge in [0.1, 0.15) is 0 Å². The molecule has 1 aromatic rings. The Morgan fingerprint density at radius 3 is 2.64 bits per heavy atom. The second kappa shape index (κ2) is 7.44. The van der Waals surface area contributed by atoms with Crippen LogP contribution in [-0.4, -0.2) is 55.0 Å². The molecule has 0 unspecified atom stereocenters. The lowest BCUT2D eigenvalue weighted by Crippen LogP contribution is -2.40. The van der Waals surface area contributed by atoms with E-state index >= 15 is 0 Å². The summed E-state index contributed by atoms with van der Waals surface area (Å²) < 4.78 is 5.86. The van der Waals surface area contributed by atoms with Crippen molar-refractivity contribution in [2.75, 3.05) is 39.3 Å². The number of halogens is 1. The Hall–Kier alpha value is -1.10. The standard InChI is InChI=1S/C17H23ClN2O2/c18-15-5-3-14(4-6-15)16-13-19(11-12-22-16)10-7-17(21)20-8-1-2-9-20/h3-6,16H,1-2,7-13H2/t16-/m1/s1. The smallest absolute Gasteiger partial charge is 0.223 e. The molecule has 120 valence electrons. The molecule has 0 aromatic heterocycles. The maximum Gasteiger partial charge on any atom is 0.223 e. The lowest BCUT2D eigenvalue weighted by Gasteiger charge is -2.33. The molecule has 3 rings (SSSR count). The summed E-state index contributed by atoms with van der Waals surface area (Å²) in [5, 5.41) is 0.743. The van der Waals surface area contributed by atoms with Crippen molar-refractivity contribution < 1.29 is 9.53 Å². The van der Waals surface area contributed by atoms with E-state index < -0.39 is 0 Å². The molecule has 1 atom stereocenters. The van der Waals surface area contributed by atoms with Crippen LogP contribution in [0.3, 0.4) is 0 Å². The first-order valence-electron chi connectivity index (χ1n) is 8.09. The summed E-state index contributed by atoms with van der Waals surface area (Å²) in [5.74, 6) is 0.298. The van der Waals surface area contributed by atoms with E-state index in [0.29, 0.717) is 18.9 Å². The Kier molecular flexibility index (Phi) is 5.34. The van der Waals surface area contributed by atoms with Gasteiger partial charge in [-0.05, 0) is 30.5 Å². The van der Waals surface area contributed by atoms with Crippen LogP contribution in [-0.2, 0) is 9.53 Å². The minimum atomic E-state index is 0.0768. The Balaban J connectivity index is 1.50. The second-order valence-corrected chi connectivity index (χ2v) is 6.49. The van der Waals surface area contributed by atoms with Gasteiger partial charge in [0.25, 0.3) is 0 Å². The Morgan fingerprint density at radius 1 is 1.18 bits per heavy atom. The molecule has 2 saturated heterocycles. The third kappa shape index (κ3) is 4.00. The van der Waals surface area contributed by atoms with Crippen LogP contribution in [0.25, 0.3) is 0 Å². The van der Waals surface area contributed by atoms with Gasteiger partial charge >= 0.3 is 0 Å². The van der Waals surface area contributed by atoms with Crippen LogP contribution in [0, 0.1) is 0 Å². The minimum Gasteiger partial charge on any atom is -0.371 e. The molecule has 2 aliphatic rings. The molecule has 2 aliphatic heterocycles. The molecular weight excluding hydrogens is 300 g/mol. The Bertz CT molecular complexity index is 500.